The summed E-state index contributed by atoms with van der Waals surface area (Å²) in [7, 11) is 0. The van der Waals surface area contributed by atoms with E-state index in [1.807, 2.05) is 0 Å². The lowest BCUT2D eigenvalue weighted by atomic mass is 9.61. The van der Waals surface area contributed by atoms with Gasteiger partial charge >= 0.3 is 0 Å². The van der Waals surface area contributed by atoms with Crippen LogP contribution in [-0.2, 0) is 0 Å². The second-order valence-electron chi connectivity index (χ2n) is 6.23. The minimum absolute atomic E-state index is 0.665. The summed E-state index contributed by atoms with van der Waals surface area (Å²) >= 11 is 0. The number of rotatable bonds is 5. The van der Waals surface area contributed by atoms with Crippen molar-refractivity contribution in [3.8, 4) is 0 Å². The first-order valence-electron chi connectivity index (χ1n) is 6.48. The zero-order valence-corrected chi connectivity index (χ0v) is 10.8. The molecule has 0 aromatic rings. The maximum Gasteiger partial charge on any atom is -0.0349 e. The Morgan fingerprint density at radius 2 is 1.64 bits per heavy atom. The molecule has 1 unspecified atom stereocenters. The average molecular weight is 196 g/mol. The molecule has 0 heteroatoms. The van der Waals surface area contributed by atoms with Gasteiger partial charge in [0.2, 0.25) is 0 Å². The molecule has 1 saturated carbocycles. The van der Waals surface area contributed by atoms with Gasteiger partial charge in [-0.3, -0.25) is 0 Å². The van der Waals surface area contributed by atoms with E-state index >= 15 is 0 Å². The quantitative estimate of drug-likeness (QED) is 0.587. The molecule has 0 aromatic carbocycles. The highest BCUT2D eigenvalue weighted by atomic mass is 14.4. The van der Waals surface area contributed by atoms with Crippen molar-refractivity contribution in [3.05, 3.63) is 0 Å². The van der Waals surface area contributed by atoms with Gasteiger partial charge in [-0.15, -0.1) is 0 Å². The third-order valence-corrected chi connectivity index (χ3v) is 4.24. The maximum atomic E-state index is 2.46. The predicted molar refractivity (Wildman–Crippen MR) is 64.4 cm³/mol. The summed E-state index contributed by atoms with van der Waals surface area (Å²) in [5.41, 5.74) is 0.665. The van der Waals surface area contributed by atoms with Crippen LogP contribution in [0.15, 0.2) is 0 Å². The predicted octanol–water partition coefficient (Wildman–Crippen LogP) is 4.89. The highest BCUT2D eigenvalue weighted by Crippen LogP contribution is 2.48. The summed E-state index contributed by atoms with van der Waals surface area (Å²) in [5, 5.41) is 0. The maximum absolute atomic E-state index is 2.46. The minimum Gasteiger partial charge on any atom is -0.0651 e. The molecule has 0 radical (unpaired) electrons. The van der Waals surface area contributed by atoms with Crippen molar-refractivity contribution < 1.29 is 0 Å². The molecule has 0 saturated heterocycles. The van der Waals surface area contributed by atoms with Gasteiger partial charge in [-0.1, -0.05) is 47.5 Å². The molecule has 0 bridgehead atoms. The Balaban J connectivity index is 2.24. The second kappa shape index (κ2) is 4.68. The van der Waals surface area contributed by atoms with Gasteiger partial charge in [0.1, 0.15) is 0 Å². The van der Waals surface area contributed by atoms with E-state index in [1.54, 1.807) is 0 Å². The average Bonchev–Trinajstić information content (AvgIpc) is 2.03. The molecule has 1 aliphatic carbocycles. The number of hydrogen-bond donors (Lipinski definition) is 0. The normalized spacial score (nSPS) is 23.6. The van der Waals surface area contributed by atoms with Crippen molar-refractivity contribution >= 4 is 0 Å². The van der Waals surface area contributed by atoms with Crippen LogP contribution in [0.1, 0.15) is 66.7 Å². The second-order valence-corrected chi connectivity index (χ2v) is 6.23. The largest absolute Gasteiger partial charge is 0.0651 e. The zero-order chi connectivity index (χ0) is 10.8. The summed E-state index contributed by atoms with van der Waals surface area (Å²) in [6, 6.07) is 0. The Labute approximate surface area is 90.5 Å². The van der Waals surface area contributed by atoms with Gasteiger partial charge < -0.3 is 0 Å². The fourth-order valence-corrected chi connectivity index (χ4v) is 3.48. The van der Waals surface area contributed by atoms with Crippen LogP contribution in [0, 0.1) is 23.2 Å². The van der Waals surface area contributed by atoms with E-state index in [0.717, 1.165) is 17.8 Å². The van der Waals surface area contributed by atoms with Gasteiger partial charge in [0.25, 0.3) is 0 Å². The smallest absolute Gasteiger partial charge is 0.0349 e. The van der Waals surface area contributed by atoms with E-state index in [0.29, 0.717) is 5.41 Å². The monoisotopic (exact) mass is 196 g/mol. The number of hydrogen-bond acceptors (Lipinski definition) is 0. The molecule has 1 aliphatic rings. The van der Waals surface area contributed by atoms with Crippen molar-refractivity contribution in [2.24, 2.45) is 23.2 Å². The van der Waals surface area contributed by atoms with Crippen molar-refractivity contribution in [1.29, 1.82) is 0 Å². The molecule has 0 spiro atoms. The van der Waals surface area contributed by atoms with E-state index in [1.165, 1.54) is 32.1 Å². The summed E-state index contributed by atoms with van der Waals surface area (Å²) in [5.74, 6) is 2.96. The topological polar surface area (TPSA) is 0 Å². The molecule has 0 nitrogen and oxygen atoms in total. The van der Waals surface area contributed by atoms with Gasteiger partial charge in [0.15, 0.2) is 0 Å². The van der Waals surface area contributed by atoms with E-state index in [2.05, 4.69) is 34.6 Å². The minimum atomic E-state index is 0.665. The molecule has 1 fully saturated rings. The van der Waals surface area contributed by atoms with E-state index in [4.69, 9.17) is 0 Å². The van der Waals surface area contributed by atoms with Crippen LogP contribution in [0.25, 0.3) is 0 Å². The molecule has 14 heavy (non-hydrogen) atoms. The summed E-state index contributed by atoms with van der Waals surface area (Å²) in [4.78, 5) is 0. The fraction of sp³-hybridized carbons (Fsp3) is 1.00. The molecule has 0 amide bonds. The van der Waals surface area contributed by atoms with Crippen molar-refractivity contribution in [3.63, 3.8) is 0 Å². The van der Waals surface area contributed by atoms with Gasteiger partial charge in [0.05, 0.1) is 0 Å². The highest BCUT2D eigenvalue weighted by molar-refractivity contribution is 4.87. The van der Waals surface area contributed by atoms with Gasteiger partial charge in [-0.25, -0.2) is 0 Å². The van der Waals surface area contributed by atoms with Gasteiger partial charge in [-0.2, -0.15) is 0 Å². The molecule has 1 atom stereocenters. The molecule has 0 aliphatic heterocycles. The van der Waals surface area contributed by atoms with Gasteiger partial charge in [-0.05, 0) is 42.4 Å². The van der Waals surface area contributed by atoms with E-state index < -0.39 is 0 Å². The molecule has 84 valence electrons. The summed E-state index contributed by atoms with van der Waals surface area (Å²) in [6.07, 6.45) is 7.16. The van der Waals surface area contributed by atoms with Crippen LogP contribution < -0.4 is 0 Å². The Hall–Kier alpha value is 0. The fourth-order valence-electron chi connectivity index (χ4n) is 3.48. The molecule has 0 aromatic heterocycles. The van der Waals surface area contributed by atoms with Crippen LogP contribution in [-0.4, -0.2) is 0 Å². The SMILES string of the molecule is CCC(CC)C(C)CC1CC(C)(C)C1. The summed E-state index contributed by atoms with van der Waals surface area (Å²) < 4.78 is 0. The van der Waals surface area contributed by atoms with Crippen molar-refractivity contribution in [2.75, 3.05) is 0 Å². The lowest BCUT2D eigenvalue weighted by Gasteiger charge is -2.44. The molecule has 0 N–H and O–H groups in total. The first-order chi connectivity index (χ1) is 6.48. The first kappa shape index (κ1) is 12.1. The molecule has 0 heterocycles. The Morgan fingerprint density at radius 3 is 2.00 bits per heavy atom. The standard InChI is InChI=1S/C14H28/c1-6-13(7-2)11(3)8-12-9-14(4,5)10-12/h11-13H,6-10H2,1-5H3. The van der Waals surface area contributed by atoms with Crippen molar-refractivity contribution in [1.82, 2.24) is 0 Å². The van der Waals surface area contributed by atoms with Gasteiger partial charge in [0, 0.05) is 0 Å². The third kappa shape index (κ3) is 3.00. The first-order valence-corrected chi connectivity index (χ1v) is 6.48. The Kier molecular flexibility index (Phi) is 4.04. The molecule has 1 rings (SSSR count). The lowest BCUT2D eigenvalue weighted by Crippen LogP contribution is -2.33. The lowest BCUT2D eigenvalue weighted by molar-refractivity contribution is 0.0682. The van der Waals surface area contributed by atoms with Crippen LogP contribution in [0.3, 0.4) is 0 Å². The third-order valence-electron chi connectivity index (χ3n) is 4.24. The van der Waals surface area contributed by atoms with Crippen LogP contribution in [0.4, 0.5) is 0 Å². The van der Waals surface area contributed by atoms with E-state index in [-0.39, 0.29) is 0 Å². The van der Waals surface area contributed by atoms with Crippen molar-refractivity contribution in [2.45, 2.75) is 66.7 Å². The van der Waals surface area contributed by atoms with E-state index in [9.17, 15) is 0 Å². The zero-order valence-electron chi connectivity index (χ0n) is 10.8. The molecular weight excluding hydrogens is 168 g/mol. The Bertz CT molecular complexity index is 157. The van der Waals surface area contributed by atoms with Crippen LogP contribution >= 0.6 is 0 Å². The Morgan fingerprint density at radius 1 is 1.14 bits per heavy atom. The highest BCUT2D eigenvalue weighted by Gasteiger charge is 2.36. The van der Waals surface area contributed by atoms with Crippen LogP contribution in [0.2, 0.25) is 0 Å². The summed E-state index contributed by atoms with van der Waals surface area (Å²) in [6.45, 7) is 12.0. The molecular formula is C14H28. The van der Waals surface area contributed by atoms with Crippen LogP contribution in [0.5, 0.6) is 0 Å².